The number of methoxy groups -OCH3 is 2. The molecule has 0 aliphatic heterocycles. The summed E-state index contributed by atoms with van der Waals surface area (Å²) in [6.07, 6.45) is -0.131. The van der Waals surface area contributed by atoms with Crippen LogP contribution >= 0.6 is 0 Å². The summed E-state index contributed by atoms with van der Waals surface area (Å²) >= 11 is 0. The molecule has 0 fully saturated rings. The smallest absolute Gasteiger partial charge is 0.307 e. The quantitative estimate of drug-likeness (QED) is 0.603. The third kappa shape index (κ3) is 4.25. The molecule has 0 aromatic heterocycles. The van der Waals surface area contributed by atoms with Gasteiger partial charge in [0.05, 0.1) is 32.0 Å². The number of hydrogen-bond acceptors (Lipinski definition) is 5. The summed E-state index contributed by atoms with van der Waals surface area (Å²) < 4.78 is 10.6. The second-order valence-electron chi connectivity index (χ2n) is 5.11. The van der Waals surface area contributed by atoms with Crippen molar-refractivity contribution < 1.29 is 19.4 Å². The van der Waals surface area contributed by atoms with Gasteiger partial charge in [-0.1, -0.05) is 18.2 Å². The number of carbonyl (C=O) groups is 1. The van der Waals surface area contributed by atoms with Gasteiger partial charge in [-0.2, -0.15) is 5.10 Å². The number of hydrogen-bond donors (Lipinski definition) is 2. The lowest BCUT2D eigenvalue weighted by molar-refractivity contribution is -0.136. The lowest BCUT2D eigenvalue weighted by atomic mass is 10.00. The zero-order valence-corrected chi connectivity index (χ0v) is 13.9. The van der Waals surface area contributed by atoms with E-state index in [0.717, 1.165) is 5.69 Å². The summed E-state index contributed by atoms with van der Waals surface area (Å²) in [5.74, 6) is 0.0875. The van der Waals surface area contributed by atoms with E-state index in [2.05, 4.69) is 10.5 Å². The molecule has 6 nitrogen and oxygen atoms in total. The van der Waals surface area contributed by atoms with Crippen LogP contribution in [-0.2, 0) is 11.2 Å². The minimum atomic E-state index is -0.924. The molecular formula is C18H20N2O4. The molecule has 2 rings (SSSR count). The predicted molar refractivity (Wildman–Crippen MR) is 93.2 cm³/mol. The Morgan fingerprint density at radius 3 is 2.33 bits per heavy atom. The molecule has 0 radical (unpaired) electrons. The number of benzene rings is 2. The van der Waals surface area contributed by atoms with Crippen molar-refractivity contribution >= 4 is 17.4 Å². The molecular weight excluding hydrogens is 308 g/mol. The van der Waals surface area contributed by atoms with Crippen LogP contribution in [0.4, 0.5) is 5.69 Å². The number of nitrogens with zero attached hydrogens (tertiary/aromatic N) is 1. The predicted octanol–water partition coefficient (Wildman–Crippen LogP) is 3.17. The Morgan fingerprint density at radius 1 is 1.12 bits per heavy atom. The van der Waals surface area contributed by atoms with Crippen LogP contribution in [0.25, 0.3) is 0 Å². The number of aliphatic carboxylic acids is 1. The van der Waals surface area contributed by atoms with Crippen LogP contribution in [0.2, 0.25) is 0 Å². The van der Waals surface area contributed by atoms with E-state index < -0.39 is 5.97 Å². The van der Waals surface area contributed by atoms with Crippen LogP contribution in [0, 0.1) is 0 Å². The minimum Gasteiger partial charge on any atom is -0.493 e. The molecule has 0 amide bonds. The summed E-state index contributed by atoms with van der Waals surface area (Å²) in [6, 6.07) is 12.9. The van der Waals surface area contributed by atoms with E-state index in [0.29, 0.717) is 28.3 Å². The number of carboxylic acids is 1. The molecule has 0 unspecified atom stereocenters. The van der Waals surface area contributed by atoms with Crippen LogP contribution < -0.4 is 14.9 Å². The molecule has 126 valence electrons. The van der Waals surface area contributed by atoms with Gasteiger partial charge in [0.25, 0.3) is 0 Å². The largest absolute Gasteiger partial charge is 0.493 e. The standard InChI is InChI=1S/C18H20N2O4/c1-12(19-20-14-7-5-4-6-8-14)15-11-17(24-3)16(23-2)9-13(15)10-18(21)22/h4-9,11,20H,10H2,1-3H3,(H,21,22)/b19-12+. The molecule has 6 heteroatoms. The van der Waals surface area contributed by atoms with Crippen LogP contribution in [0.15, 0.2) is 47.6 Å². The van der Waals surface area contributed by atoms with E-state index in [-0.39, 0.29) is 6.42 Å². The Hall–Kier alpha value is -3.02. The maximum Gasteiger partial charge on any atom is 0.307 e. The summed E-state index contributed by atoms with van der Waals surface area (Å²) in [4.78, 5) is 11.1. The van der Waals surface area contributed by atoms with Gasteiger partial charge >= 0.3 is 5.97 Å². The second kappa shape index (κ2) is 8.01. The third-order valence-corrected chi connectivity index (χ3v) is 3.47. The number of carboxylic acid groups (broad SMARTS) is 1. The van der Waals surface area contributed by atoms with Gasteiger partial charge < -0.3 is 14.6 Å². The molecule has 0 heterocycles. The number of para-hydroxylation sites is 1. The van der Waals surface area contributed by atoms with Gasteiger partial charge in [0.2, 0.25) is 0 Å². The molecule has 0 aliphatic rings. The Kier molecular flexibility index (Phi) is 5.78. The van der Waals surface area contributed by atoms with Crippen LogP contribution in [-0.4, -0.2) is 31.0 Å². The first-order chi connectivity index (χ1) is 11.5. The molecule has 2 N–H and O–H groups in total. The average molecular weight is 328 g/mol. The molecule has 0 atom stereocenters. The molecule has 24 heavy (non-hydrogen) atoms. The van der Waals surface area contributed by atoms with Gasteiger partial charge in [0, 0.05) is 5.56 Å². The molecule has 0 spiro atoms. The van der Waals surface area contributed by atoms with Crippen LogP contribution in [0.5, 0.6) is 11.5 Å². The monoisotopic (exact) mass is 328 g/mol. The number of ether oxygens (including phenoxy) is 2. The van der Waals surface area contributed by atoms with E-state index in [1.807, 2.05) is 37.3 Å². The SMILES string of the molecule is COc1cc(CC(=O)O)c(/C(C)=N/Nc2ccccc2)cc1OC. The number of hydrazone groups is 1. The molecule has 0 bridgehead atoms. The highest BCUT2D eigenvalue weighted by Crippen LogP contribution is 2.31. The first-order valence-electron chi connectivity index (χ1n) is 7.37. The summed E-state index contributed by atoms with van der Waals surface area (Å²) in [5, 5.41) is 13.5. The molecule has 2 aromatic rings. The fourth-order valence-electron chi connectivity index (χ4n) is 2.29. The van der Waals surface area contributed by atoms with E-state index >= 15 is 0 Å². The second-order valence-corrected chi connectivity index (χ2v) is 5.11. The first-order valence-corrected chi connectivity index (χ1v) is 7.37. The minimum absolute atomic E-state index is 0.131. The third-order valence-electron chi connectivity index (χ3n) is 3.47. The van der Waals surface area contributed by atoms with Crippen molar-refractivity contribution in [1.82, 2.24) is 0 Å². The fraction of sp³-hybridized carbons (Fsp3) is 0.222. The first kappa shape index (κ1) is 17.3. The van der Waals surface area contributed by atoms with Gasteiger partial charge in [-0.3, -0.25) is 10.2 Å². The number of anilines is 1. The highest BCUT2D eigenvalue weighted by atomic mass is 16.5. The number of nitrogens with one attached hydrogen (secondary N) is 1. The molecule has 0 saturated carbocycles. The zero-order chi connectivity index (χ0) is 17.5. The van der Waals surface area contributed by atoms with Crippen molar-refractivity contribution in [2.24, 2.45) is 5.10 Å². The molecule has 0 saturated heterocycles. The Balaban J connectivity index is 2.39. The van der Waals surface area contributed by atoms with Crippen molar-refractivity contribution in [1.29, 1.82) is 0 Å². The number of rotatable bonds is 7. The van der Waals surface area contributed by atoms with Crippen molar-refractivity contribution in [2.75, 3.05) is 19.6 Å². The van der Waals surface area contributed by atoms with Crippen LogP contribution in [0.1, 0.15) is 18.1 Å². The Labute approximate surface area is 140 Å². The average Bonchev–Trinajstić information content (AvgIpc) is 2.59. The highest BCUT2D eigenvalue weighted by Gasteiger charge is 2.15. The fourth-order valence-corrected chi connectivity index (χ4v) is 2.29. The lowest BCUT2D eigenvalue weighted by Gasteiger charge is -2.14. The van der Waals surface area contributed by atoms with Gasteiger partial charge in [-0.25, -0.2) is 0 Å². The van der Waals surface area contributed by atoms with Crippen LogP contribution in [0.3, 0.4) is 0 Å². The van der Waals surface area contributed by atoms with Gasteiger partial charge in [-0.15, -0.1) is 0 Å². The van der Waals surface area contributed by atoms with Crippen molar-refractivity contribution in [3.8, 4) is 11.5 Å². The van der Waals surface area contributed by atoms with E-state index in [1.54, 1.807) is 12.1 Å². The van der Waals surface area contributed by atoms with Gasteiger partial charge in [0.1, 0.15) is 0 Å². The van der Waals surface area contributed by atoms with E-state index in [4.69, 9.17) is 14.6 Å². The van der Waals surface area contributed by atoms with E-state index in [1.165, 1.54) is 14.2 Å². The van der Waals surface area contributed by atoms with Crippen molar-refractivity contribution in [3.63, 3.8) is 0 Å². The summed E-state index contributed by atoms with van der Waals surface area (Å²) in [5.41, 5.74) is 5.75. The zero-order valence-electron chi connectivity index (χ0n) is 13.9. The lowest BCUT2D eigenvalue weighted by Crippen LogP contribution is -2.09. The summed E-state index contributed by atoms with van der Waals surface area (Å²) in [7, 11) is 3.05. The van der Waals surface area contributed by atoms with Gasteiger partial charge in [0.15, 0.2) is 11.5 Å². The molecule has 0 aliphatic carbocycles. The highest BCUT2D eigenvalue weighted by molar-refractivity contribution is 6.01. The maximum atomic E-state index is 11.1. The van der Waals surface area contributed by atoms with Gasteiger partial charge in [-0.05, 0) is 36.8 Å². The topological polar surface area (TPSA) is 80.2 Å². The van der Waals surface area contributed by atoms with Crippen molar-refractivity contribution in [3.05, 3.63) is 53.6 Å². The van der Waals surface area contributed by atoms with E-state index in [9.17, 15) is 4.79 Å². The molecule has 2 aromatic carbocycles. The maximum absolute atomic E-state index is 11.1. The summed E-state index contributed by atoms with van der Waals surface area (Å²) in [6.45, 7) is 1.81. The van der Waals surface area contributed by atoms with Crippen molar-refractivity contribution in [2.45, 2.75) is 13.3 Å². The Bertz CT molecular complexity index is 742. The normalized spacial score (nSPS) is 11.0. The Morgan fingerprint density at radius 2 is 1.75 bits per heavy atom.